The first-order chi connectivity index (χ1) is 7.31. The maximum atomic E-state index is 5.57. The smallest absolute Gasteiger partial charge is 0.182 e. The van der Waals surface area contributed by atoms with Crippen LogP contribution in [-0.4, -0.2) is 19.7 Å². The van der Waals surface area contributed by atoms with Gasteiger partial charge in [0.1, 0.15) is 12.0 Å². The Bertz CT molecular complexity index is 431. The monoisotopic (exact) mass is 203 g/mol. The third kappa shape index (κ3) is 1.96. The Morgan fingerprint density at radius 1 is 1.40 bits per heavy atom. The molecular formula is C10H13N5. The zero-order valence-corrected chi connectivity index (χ0v) is 8.59. The standard InChI is InChI=1S/C10H13N5/c1-2-5-15-7-13-14-10(15)9-4-3-8(11)6-12-9/h3-4,6-7H,2,5,11H2,1H3. The second-order valence-electron chi connectivity index (χ2n) is 3.32. The molecule has 0 unspecified atom stereocenters. The second-order valence-corrected chi connectivity index (χ2v) is 3.32. The number of pyridine rings is 1. The molecular weight excluding hydrogens is 190 g/mol. The van der Waals surface area contributed by atoms with Crippen molar-refractivity contribution in [3.63, 3.8) is 0 Å². The molecule has 0 saturated heterocycles. The predicted octanol–water partition coefficient (Wildman–Crippen LogP) is 1.33. The fraction of sp³-hybridized carbons (Fsp3) is 0.300. The van der Waals surface area contributed by atoms with Crippen LogP contribution in [0.5, 0.6) is 0 Å². The minimum absolute atomic E-state index is 0.653. The molecule has 15 heavy (non-hydrogen) atoms. The van der Waals surface area contributed by atoms with Crippen LogP contribution in [0.25, 0.3) is 11.5 Å². The number of hydrogen-bond acceptors (Lipinski definition) is 4. The molecule has 0 spiro atoms. The van der Waals surface area contributed by atoms with Crippen molar-refractivity contribution in [2.24, 2.45) is 0 Å². The van der Waals surface area contributed by atoms with E-state index in [1.165, 1.54) is 0 Å². The molecule has 0 aliphatic rings. The van der Waals surface area contributed by atoms with Gasteiger partial charge in [0.25, 0.3) is 0 Å². The molecule has 2 aromatic rings. The third-order valence-electron chi connectivity index (χ3n) is 2.10. The lowest BCUT2D eigenvalue weighted by molar-refractivity contribution is 0.681. The van der Waals surface area contributed by atoms with Crippen LogP contribution < -0.4 is 5.73 Å². The molecule has 0 amide bonds. The van der Waals surface area contributed by atoms with Gasteiger partial charge in [0.05, 0.1) is 11.9 Å². The van der Waals surface area contributed by atoms with Gasteiger partial charge in [0.2, 0.25) is 0 Å². The fourth-order valence-corrected chi connectivity index (χ4v) is 1.40. The zero-order chi connectivity index (χ0) is 10.7. The Balaban J connectivity index is 2.36. The topological polar surface area (TPSA) is 69.6 Å². The Morgan fingerprint density at radius 2 is 2.27 bits per heavy atom. The van der Waals surface area contributed by atoms with Gasteiger partial charge in [-0.05, 0) is 18.6 Å². The summed E-state index contributed by atoms with van der Waals surface area (Å²) in [6.07, 6.45) is 4.39. The second kappa shape index (κ2) is 4.08. The van der Waals surface area contributed by atoms with Crippen molar-refractivity contribution in [3.8, 4) is 11.5 Å². The summed E-state index contributed by atoms with van der Waals surface area (Å²) in [4.78, 5) is 4.22. The number of nitrogen functional groups attached to an aromatic ring is 1. The SMILES string of the molecule is CCCn1cnnc1-c1ccc(N)cn1. The molecule has 0 fully saturated rings. The van der Waals surface area contributed by atoms with E-state index in [0.717, 1.165) is 24.5 Å². The van der Waals surface area contributed by atoms with Crippen molar-refractivity contribution < 1.29 is 0 Å². The largest absolute Gasteiger partial charge is 0.397 e. The van der Waals surface area contributed by atoms with Gasteiger partial charge in [0, 0.05) is 6.54 Å². The van der Waals surface area contributed by atoms with E-state index in [9.17, 15) is 0 Å². The molecule has 0 atom stereocenters. The van der Waals surface area contributed by atoms with Gasteiger partial charge >= 0.3 is 0 Å². The van der Waals surface area contributed by atoms with E-state index >= 15 is 0 Å². The third-order valence-corrected chi connectivity index (χ3v) is 2.10. The molecule has 0 aromatic carbocycles. The maximum Gasteiger partial charge on any atom is 0.182 e. The molecule has 2 aromatic heterocycles. The van der Waals surface area contributed by atoms with Gasteiger partial charge in [-0.2, -0.15) is 0 Å². The van der Waals surface area contributed by atoms with Crippen molar-refractivity contribution in [2.45, 2.75) is 19.9 Å². The summed E-state index contributed by atoms with van der Waals surface area (Å²) < 4.78 is 1.98. The normalized spacial score (nSPS) is 10.5. The number of aryl methyl sites for hydroxylation is 1. The van der Waals surface area contributed by atoms with Crippen molar-refractivity contribution in [1.29, 1.82) is 0 Å². The van der Waals surface area contributed by atoms with E-state index in [1.807, 2.05) is 16.7 Å². The molecule has 0 saturated carbocycles. The molecule has 2 heterocycles. The van der Waals surface area contributed by atoms with Crippen LogP contribution in [0, 0.1) is 0 Å². The number of aromatic nitrogens is 4. The summed E-state index contributed by atoms with van der Waals surface area (Å²) >= 11 is 0. The van der Waals surface area contributed by atoms with Gasteiger partial charge < -0.3 is 10.3 Å². The Kier molecular flexibility index (Phi) is 2.62. The number of anilines is 1. The van der Waals surface area contributed by atoms with Gasteiger partial charge in [-0.25, -0.2) is 0 Å². The first-order valence-corrected chi connectivity index (χ1v) is 4.91. The summed E-state index contributed by atoms with van der Waals surface area (Å²) in [6.45, 7) is 3.01. The Labute approximate surface area is 88.0 Å². The first kappa shape index (κ1) is 9.64. The summed E-state index contributed by atoms with van der Waals surface area (Å²) in [7, 11) is 0. The lowest BCUT2D eigenvalue weighted by Crippen LogP contribution is -1.99. The van der Waals surface area contributed by atoms with Gasteiger partial charge in [-0.15, -0.1) is 10.2 Å². The van der Waals surface area contributed by atoms with Crippen LogP contribution in [0.1, 0.15) is 13.3 Å². The molecule has 5 heteroatoms. The molecule has 5 nitrogen and oxygen atoms in total. The van der Waals surface area contributed by atoms with Gasteiger partial charge in [-0.1, -0.05) is 6.92 Å². The van der Waals surface area contributed by atoms with E-state index in [1.54, 1.807) is 12.5 Å². The van der Waals surface area contributed by atoms with Crippen molar-refractivity contribution in [1.82, 2.24) is 19.7 Å². The highest BCUT2D eigenvalue weighted by Gasteiger charge is 2.06. The van der Waals surface area contributed by atoms with Gasteiger partial charge in [0.15, 0.2) is 5.82 Å². The van der Waals surface area contributed by atoms with E-state index in [2.05, 4.69) is 22.1 Å². The average molecular weight is 203 g/mol. The van der Waals surface area contributed by atoms with E-state index in [-0.39, 0.29) is 0 Å². The quantitative estimate of drug-likeness (QED) is 0.817. The molecule has 2 N–H and O–H groups in total. The number of rotatable bonds is 3. The molecule has 0 bridgehead atoms. The zero-order valence-electron chi connectivity index (χ0n) is 8.59. The fourth-order valence-electron chi connectivity index (χ4n) is 1.40. The van der Waals surface area contributed by atoms with Crippen molar-refractivity contribution >= 4 is 5.69 Å². The van der Waals surface area contributed by atoms with Crippen LogP contribution >= 0.6 is 0 Å². The van der Waals surface area contributed by atoms with Crippen molar-refractivity contribution in [2.75, 3.05) is 5.73 Å². The Morgan fingerprint density at radius 3 is 2.93 bits per heavy atom. The van der Waals surface area contributed by atoms with Crippen LogP contribution in [0.2, 0.25) is 0 Å². The lowest BCUT2D eigenvalue weighted by atomic mass is 10.3. The summed E-state index contributed by atoms with van der Waals surface area (Å²) in [5.74, 6) is 0.789. The first-order valence-electron chi connectivity index (χ1n) is 4.91. The van der Waals surface area contributed by atoms with Crippen LogP contribution in [0.15, 0.2) is 24.7 Å². The highest BCUT2D eigenvalue weighted by Crippen LogP contribution is 2.14. The number of nitrogens with zero attached hydrogens (tertiary/aromatic N) is 4. The lowest BCUT2D eigenvalue weighted by Gasteiger charge is -2.03. The Hall–Kier alpha value is -1.91. The van der Waals surface area contributed by atoms with Crippen LogP contribution in [0.3, 0.4) is 0 Å². The highest BCUT2D eigenvalue weighted by molar-refractivity contribution is 5.52. The van der Waals surface area contributed by atoms with Crippen LogP contribution in [-0.2, 0) is 6.54 Å². The summed E-state index contributed by atoms with van der Waals surface area (Å²) in [5.41, 5.74) is 7.03. The number of hydrogen-bond donors (Lipinski definition) is 1. The van der Waals surface area contributed by atoms with Crippen molar-refractivity contribution in [3.05, 3.63) is 24.7 Å². The number of nitrogens with two attached hydrogens (primary N) is 1. The maximum absolute atomic E-state index is 5.57. The molecule has 78 valence electrons. The minimum Gasteiger partial charge on any atom is -0.397 e. The van der Waals surface area contributed by atoms with Crippen LogP contribution in [0.4, 0.5) is 5.69 Å². The minimum atomic E-state index is 0.653. The van der Waals surface area contributed by atoms with E-state index < -0.39 is 0 Å². The van der Waals surface area contributed by atoms with Gasteiger partial charge in [-0.3, -0.25) is 4.98 Å². The average Bonchev–Trinajstić information content (AvgIpc) is 2.68. The molecule has 2 rings (SSSR count). The summed E-state index contributed by atoms with van der Waals surface area (Å²) in [6, 6.07) is 3.67. The van der Waals surface area contributed by atoms with E-state index in [0.29, 0.717) is 5.69 Å². The molecule has 0 aliphatic carbocycles. The molecule has 0 radical (unpaired) electrons. The highest BCUT2D eigenvalue weighted by atomic mass is 15.3. The van der Waals surface area contributed by atoms with E-state index in [4.69, 9.17) is 5.73 Å². The molecule has 0 aliphatic heterocycles. The summed E-state index contributed by atoms with van der Waals surface area (Å²) in [5, 5.41) is 7.93. The predicted molar refractivity (Wildman–Crippen MR) is 58.0 cm³/mol.